The quantitative estimate of drug-likeness (QED) is 0.0481. The minimum atomic E-state index is -0.412. The van der Waals surface area contributed by atoms with E-state index in [1.165, 1.54) is 295 Å². The number of furan rings is 3. The number of nitrogens with zero attached hydrogens (tertiary/aromatic N) is 1. The van der Waals surface area contributed by atoms with E-state index in [1.807, 2.05) is 0 Å². The molecule has 3 heterocycles. The van der Waals surface area contributed by atoms with Crippen molar-refractivity contribution in [1.29, 1.82) is 0 Å². The molecule has 0 radical (unpaired) electrons. The zero-order valence-electron chi connectivity index (χ0n) is 72.2. The molecule has 0 fully saturated rings. The molecular formula is C114H117NO3. The van der Waals surface area contributed by atoms with E-state index in [0.717, 1.165) is 59.2 Å². The molecule has 0 atom stereocenters. The molecule has 3 aromatic heterocycles. The summed E-state index contributed by atoms with van der Waals surface area (Å²) in [6.07, 6.45) is 29.4. The Morgan fingerprint density at radius 2 is 0.602 bits per heavy atom. The Labute approximate surface area is 699 Å². The Balaban J connectivity index is 0.819. The van der Waals surface area contributed by atoms with Crippen LogP contribution in [0, 0.1) is 0 Å². The van der Waals surface area contributed by atoms with Crippen molar-refractivity contribution in [3.05, 3.63) is 267 Å². The molecule has 6 aliphatic carbocycles. The predicted octanol–water partition coefficient (Wildman–Crippen LogP) is 34.1. The Kier molecular flexibility index (Phi) is 18.0. The highest BCUT2D eigenvalue weighted by atomic mass is 16.3. The summed E-state index contributed by atoms with van der Waals surface area (Å²) >= 11 is 0. The molecule has 0 spiro atoms. The van der Waals surface area contributed by atoms with Gasteiger partial charge < -0.3 is 18.2 Å². The molecule has 0 saturated carbocycles. The fourth-order valence-electron chi connectivity index (χ4n) is 25.0. The van der Waals surface area contributed by atoms with Crippen LogP contribution in [0.5, 0.6) is 0 Å². The summed E-state index contributed by atoms with van der Waals surface area (Å²) in [5.74, 6) is 0. The first-order valence-corrected chi connectivity index (χ1v) is 46.1. The number of rotatable bonds is 27. The largest absolute Gasteiger partial charge is 0.456 e. The SMILES string of the molecule is CCCCCCCC1(CCCCCCC)c2ccccc2-c2c1c1c(c3c2oc2ccccc23)-c2ccc(N(c3ccc4c(c3)C(C)(C)c3cc5c(cc3-4)C(C)(C)c3ccc4oc6ccccc6c4c3-5)c3ccc4c(c3)C(C)(C)c3c5c(c6oc7ccccc7c6c3-4)-c3ccccc3C5(C)C)cc2C1(CCCCCCC)CCCCCCC. The summed E-state index contributed by atoms with van der Waals surface area (Å²) in [7, 11) is 0. The van der Waals surface area contributed by atoms with E-state index in [0.29, 0.717) is 0 Å². The monoisotopic (exact) mass is 1550 g/mol. The number of para-hydroxylation sites is 3. The van der Waals surface area contributed by atoms with Crippen LogP contribution in [0.3, 0.4) is 0 Å². The zero-order valence-corrected chi connectivity index (χ0v) is 72.2. The van der Waals surface area contributed by atoms with Gasteiger partial charge in [-0.1, -0.05) is 339 Å². The number of hydrogen-bond donors (Lipinski definition) is 0. The van der Waals surface area contributed by atoms with E-state index in [1.54, 1.807) is 16.7 Å². The molecule has 0 amide bonds. The first kappa shape index (κ1) is 75.3. The average Bonchev–Trinajstić information content (AvgIpc) is 1.50. The summed E-state index contributed by atoms with van der Waals surface area (Å²) in [6, 6.07) is 78.9. The first-order chi connectivity index (χ1) is 57.4. The third kappa shape index (κ3) is 10.8. The number of hydrogen-bond acceptors (Lipinski definition) is 4. The van der Waals surface area contributed by atoms with Gasteiger partial charge in [0.05, 0.1) is 0 Å². The highest BCUT2D eigenvalue weighted by Gasteiger charge is 2.56. The maximum Gasteiger partial charge on any atom is 0.144 e. The van der Waals surface area contributed by atoms with Crippen molar-refractivity contribution in [3.8, 4) is 66.8 Å². The van der Waals surface area contributed by atoms with Crippen molar-refractivity contribution in [1.82, 2.24) is 0 Å². The maximum atomic E-state index is 7.70. The second-order valence-corrected chi connectivity index (χ2v) is 38.9. The molecule has 4 nitrogen and oxygen atoms in total. The van der Waals surface area contributed by atoms with Crippen molar-refractivity contribution >= 4 is 82.9 Å². The van der Waals surface area contributed by atoms with Crippen LogP contribution < -0.4 is 4.90 Å². The number of unbranched alkanes of at least 4 members (excludes halogenated alkanes) is 16. The van der Waals surface area contributed by atoms with Crippen molar-refractivity contribution in [2.75, 3.05) is 4.90 Å². The van der Waals surface area contributed by atoms with Crippen LogP contribution in [-0.2, 0) is 32.5 Å². The Morgan fingerprint density at radius 3 is 1.15 bits per heavy atom. The number of anilines is 3. The second kappa shape index (κ2) is 28.2. The molecule has 0 aliphatic heterocycles. The van der Waals surface area contributed by atoms with Gasteiger partial charge in [-0.3, -0.25) is 0 Å². The van der Waals surface area contributed by atoms with Crippen LogP contribution in [0.2, 0.25) is 0 Å². The van der Waals surface area contributed by atoms with Gasteiger partial charge >= 0.3 is 0 Å². The van der Waals surface area contributed by atoms with Crippen LogP contribution in [-0.4, -0.2) is 0 Å². The van der Waals surface area contributed by atoms with Crippen molar-refractivity contribution in [3.63, 3.8) is 0 Å². The van der Waals surface area contributed by atoms with Crippen molar-refractivity contribution in [2.45, 2.75) is 270 Å². The fraction of sp³-hybridized carbons (Fsp3) is 0.368. The maximum absolute atomic E-state index is 7.70. The fourth-order valence-corrected chi connectivity index (χ4v) is 25.0. The van der Waals surface area contributed by atoms with Crippen LogP contribution in [0.25, 0.3) is 133 Å². The smallest absolute Gasteiger partial charge is 0.144 e. The molecule has 596 valence electrons. The molecule has 0 saturated heterocycles. The summed E-state index contributed by atoms with van der Waals surface area (Å²) in [5.41, 5.74) is 41.4. The lowest BCUT2D eigenvalue weighted by Crippen LogP contribution is -2.33. The standard InChI is InChI=1S/C114H117NO3/c1-13-17-21-25-39-61-113(62-40-26-22-18-14-2)84-49-35-30-44-75(84)102-106(113)105-98(100-80-47-33-38-52-93(80)118-108(100)102)77-58-55-72(67-90(77)114(105,63-41-27-23-19-15-3)64-42-28-24-20-16-4)115(70-53-56-73-81-68-89-82(69-88(81)110(7,8)86(73)65-70)95-85(109(89,5)6)59-60-94-96(95)78-45-31-36-50-91(78)116-94)71-54-57-76-87(66-71)112(11,12)103-97(76)99-79-46-32-37-51-92(79)117-107(99)101-74-43-29-34-48-83(74)111(9,10)104(101)103/h29-38,43-60,65-69H,13-28,39-42,61-64H2,1-12H3. The molecule has 4 heteroatoms. The lowest BCUT2D eigenvalue weighted by molar-refractivity contribution is 0.369. The minimum absolute atomic E-state index is 0.191. The summed E-state index contributed by atoms with van der Waals surface area (Å²) < 4.78 is 21.7. The highest BCUT2D eigenvalue weighted by Crippen LogP contribution is 2.70. The van der Waals surface area contributed by atoms with Crippen LogP contribution in [0.15, 0.2) is 213 Å². The third-order valence-corrected chi connectivity index (χ3v) is 30.7. The van der Waals surface area contributed by atoms with Crippen molar-refractivity contribution < 1.29 is 13.3 Å². The molecule has 118 heavy (non-hydrogen) atoms. The zero-order chi connectivity index (χ0) is 80.5. The van der Waals surface area contributed by atoms with Gasteiger partial charge in [-0.25, -0.2) is 0 Å². The average molecular weight is 1550 g/mol. The van der Waals surface area contributed by atoms with Gasteiger partial charge in [-0.2, -0.15) is 0 Å². The molecule has 12 aromatic carbocycles. The lowest BCUT2D eigenvalue weighted by atomic mass is 9.62. The Bertz CT molecular complexity index is 6570. The molecule has 0 N–H and O–H groups in total. The highest BCUT2D eigenvalue weighted by molar-refractivity contribution is 6.23. The Morgan fingerprint density at radius 1 is 0.237 bits per heavy atom. The van der Waals surface area contributed by atoms with Gasteiger partial charge in [0.2, 0.25) is 0 Å². The van der Waals surface area contributed by atoms with Crippen molar-refractivity contribution in [2.24, 2.45) is 0 Å². The van der Waals surface area contributed by atoms with E-state index in [4.69, 9.17) is 13.3 Å². The van der Waals surface area contributed by atoms with Crippen LogP contribution in [0.1, 0.15) is 304 Å². The third-order valence-electron chi connectivity index (χ3n) is 30.7. The predicted molar refractivity (Wildman–Crippen MR) is 499 cm³/mol. The topological polar surface area (TPSA) is 42.7 Å². The van der Waals surface area contributed by atoms with E-state index >= 15 is 0 Å². The van der Waals surface area contributed by atoms with Crippen LogP contribution in [0.4, 0.5) is 17.1 Å². The normalized spacial score (nSPS) is 16.2. The molecule has 21 rings (SSSR count). The van der Waals surface area contributed by atoms with Gasteiger partial charge in [0.1, 0.15) is 33.5 Å². The van der Waals surface area contributed by atoms with Gasteiger partial charge in [0, 0.05) is 93.0 Å². The van der Waals surface area contributed by atoms with E-state index < -0.39 is 5.41 Å². The van der Waals surface area contributed by atoms with Gasteiger partial charge in [0.25, 0.3) is 0 Å². The molecule has 0 bridgehead atoms. The van der Waals surface area contributed by atoms with Gasteiger partial charge in [-0.05, 0) is 221 Å². The van der Waals surface area contributed by atoms with Gasteiger partial charge in [-0.15, -0.1) is 0 Å². The van der Waals surface area contributed by atoms with E-state index in [2.05, 4.69) is 288 Å². The summed E-state index contributed by atoms with van der Waals surface area (Å²) in [6.45, 7) is 29.5. The van der Waals surface area contributed by atoms with Gasteiger partial charge in [0.15, 0.2) is 0 Å². The Hall–Kier alpha value is -10.2. The van der Waals surface area contributed by atoms with E-state index in [9.17, 15) is 0 Å². The number of benzene rings is 12. The van der Waals surface area contributed by atoms with Crippen LogP contribution >= 0.6 is 0 Å². The van der Waals surface area contributed by atoms with E-state index in [-0.39, 0.29) is 27.1 Å². The molecular weight excluding hydrogens is 1430 g/mol. The lowest BCUT2D eigenvalue weighted by Gasteiger charge is -2.40. The molecule has 15 aromatic rings. The molecule has 0 unspecified atom stereocenters. The second-order valence-electron chi connectivity index (χ2n) is 38.9. The summed E-state index contributed by atoms with van der Waals surface area (Å²) in [5, 5.41) is 7.40. The molecule has 6 aliphatic rings. The number of fused-ring (bicyclic) bond motifs is 34. The summed E-state index contributed by atoms with van der Waals surface area (Å²) in [4.78, 5) is 2.74. The minimum Gasteiger partial charge on any atom is -0.456 e. The first-order valence-electron chi connectivity index (χ1n) is 46.1.